The second kappa shape index (κ2) is 34.0. The molecule has 8 amide bonds. The van der Waals surface area contributed by atoms with Crippen LogP contribution in [0.25, 0.3) is 0 Å². The summed E-state index contributed by atoms with van der Waals surface area (Å²) in [6, 6.07) is 11.7. The van der Waals surface area contributed by atoms with E-state index in [1.54, 1.807) is 4.90 Å². The van der Waals surface area contributed by atoms with Crippen molar-refractivity contribution in [1.29, 1.82) is 0 Å². The number of nitrogens with one attached hydrogen (secondary N) is 5. The Labute approximate surface area is 631 Å². The maximum atomic E-state index is 14.7. The van der Waals surface area contributed by atoms with Crippen molar-refractivity contribution in [3.63, 3.8) is 0 Å². The third-order valence-electron chi connectivity index (χ3n) is 21.7. The summed E-state index contributed by atoms with van der Waals surface area (Å²) in [6.45, 7) is 8.75. The van der Waals surface area contributed by atoms with Crippen molar-refractivity contribution in [2.45, 2.75) is 194 Å². The van der Waals surface area contributed by atoms with Gasteiger partial charge >= 0.3 is 32.6 Å². The van der Waals surface area contributed by atoms with Crippen molar-refractivity contribution in [2.24, 2.45) is 17.6 Å². The zero-order valence-electron chi connectivity index (χ0n) is 62.0. The van der Waals surface area contributed by atoms with Gasteiger partial charge in [0.2, 0.25) is 33.7 Å². The van der Waals surface area contributed by atoms with E-state index in [0.29, 0.717) is 64.5 Å². The van der Waals surface area contributed by atoms with E-state index in [2.05, 4.69) is 38.0 Å². The van der Waals surface area contributed by atoms with Crippen LogP contribution in [0.2, 0.25) is 0 Å². The van der Waals surface area contributed by atoms with E-state index in [1.807, 2.05) is 74.4 Å². The van der Waals surface area contributed by atoms with Crippen LogP contribution in [-0.2, 0) is 94.9 Å². The van der Waals surface area contributed by atoms with E-state index in [0.717, 1.165) is 91.4 Å². The number of sulfonamides is 1. The molecule has 0 unspecified atom stereocenters. The number of nitrogens with zero attached hydrogens (tertiary/aromatic N) is 9. The van der Waals surface area contributed by atoms with Crippen LogP contribution in [0.5, 0.6) is 0 Å². The van der Waals surface area contributed by atoms with E-state index in [4.69, 9.17) is 15.2 Å². The maximum absolute atomic E-state index is 14.7. The van der Waals surface area contributed by atoms with Gasteiger partial charge in [0.05, 0.1) is 24.1 Å². The normalized spacial score (nSPS) is 28.3. The summed E-state index contributed by atoms with van der Waals surface area (Å²) in [5.41, 5.74) is 8.25. The number of hydrogen-bond donors (Lipinski definition) is 6. The molecular formula is C72H101N15O18S3. The SMILES string of the molecule is C=C[C@@H]1C[C@@]12NC(=O)[C@@H]1C[C@@H](OC(=O)N3Cc4ccc(N(C)C)cc4C3)CN1C(=O)[C@@H](N)CCCCCCCCN(C)S(=O)(=O)NC2=O.C=C[C@@H]1C[C@@]12NC(=O)[C@@H]1C[C@@H](OC(=O)N3Cc4ccc(N(C)C)cc4C3)CN1C(=O)[C@@H](NS(=O)(=O)c1ccccc1[N+](=O)[O-])CCCCCCCCN(C)S(=O)(=O)NC2=O. The van der Waals surface area contributed by atoms with Gasteiger partial charge in [0, 0.05) is 124 Å². The number of nitro benzene ring substituents is 1. The first-order valence-electron chi connectivity index (χ1n) is 36.7. The maximum Gasteiger partial charge on any atom is 0.410 e. The number of hydrogen-bond acceptors (Lipinski definition) is 21. The second-order valence-corrected chi connectivity index (χ2v) is 35.0. The molecule has 3 aromatic rings. The molecule has 108 heavy (non-hydrogen) atoms. The lowest BCUT2D eigenvalue weighted by Gasteiger charge is -2.30. The summed E-state index contributed by atoms with van der Waals surface area (Å²) < 4.78 is 101. The molecule has 3 aromatic carbocycles. The van der Waals surface area contributed by atoms with E-state index in [-0.39, 0.29) is 71.4 Å². The van der Waals surface area contributed by atoms with Crippen molar-refractivity contribution in [3.8, 4) is 0 Å². The number of amides is 8. The number of nitrogens with two attached hydrogens (primary N) is 1. The molecule has 33 nitrogen and oxygen atoms in total. The van der Waals surface area contributed by atoms with Gasteiger partial charge in [-0.2, -0.15) is 30.2 Å². The zero-order chi connectivity index (χ0) is 78.4. The highest BCUT2D eigenvalue weighted by Gasteiger charge is 2.63. The highest BCUT2D eigenvalue weighted by atomic mass is 32.2. The van der Waals surface area contributed by atoms with Gasteiger partial charge in [0.1, 0.15) is 41.4 Å². The molecule has 2 aliphatic carbocycles. The fourth-order valence-corrected chi connectivity index (χ4v) is 18.2. The molecule has 6 heterocycles. The standard InChI is InChI=1S/C39H52N8O11S2.C33H49N7O7S/c1-5-28-22-39(28)37(50)42-60(56,57)44(4)19-13-9-7-6-8-10-14-31(41-59(54,55)34-16-12-11-15-32(34)47(52)53)36(49)46-25-30(21-33(46)35(48)40-39)58-38(51)45-23-26-17-18-29(43(2)3)20-27(26)24-45;1-5-24-18-33(24)31(43)36-48(45,46)38(4)15-11-9-7-6-8-10-12-27(34)30(42)40-21-26(17-28(40)29(41)35-33)47-32(44)39-19-22-13-14-25(37(2)3)16-23(22)20-39/h5,11-12,15-18,20,28,30-31,33,41H,1,6-10,13-14,19,21-25H2,2-4H3,(H,40,48)(H,42,50);5,13-14,16,24,26-28H,1,6-12,15,17-21,34H2,2-4H3,(H,35,41)(H,36,43)/t28-,30-,31+,33+,39-;24-,26-,27+,28+,33-/m11/s1. The zero-order valence-corrected chi connectivity index (χ0v) is 64.5. The molecule has 11 rings (SSSR count). The van der Waals surface area contributed by atoms with E-state index < -0.39 is 153 Å². The number of nitro groups is 1. The Morgan fingerprint density at radius 1 is 0.611 bits per heavy atom. The first-order valence-corrected chi connectivity index (χ1v) is 41.1. The number of para-hydroxylation sites is 1. The summed E-state index contributed by atoms with van der Waals surface area (Å²) in [6.07, 6.45) is 8.34. The van der Waals surface area contributed by atoms with Crippen LogP contribution in [0.15, 0.2) is 90.9 Å². The van der Waals surface area contributed by atoms with Crippen LogP contribution in [0, 0.1) is 22.0 Å². The number of benzene rings is 3. The van der Waals surface area contributed by atoms with Gasteiger partial charge in [-0.3, -0.25) is 48.7 Å². The molecule has 0 radical (unpaired) electrons. The molecule has 2 spiro atoms. The largest absolute Gasteiger partial charge is 0.444 e. The first-order chi connectivity index (χ1) is 51.1. The molecule has 590 valence electrons. The number of fused-ring (bicyclic) bond motifs is 4. The second-order valence-electron chi connectivity index (χ2n) is 29.8. The predicted molar refractivity (Wildman–Crippen MR) is 398 cm³/mol. The van der Waals surface area contributed by atoms with Crippen molar-refractivity contribution >= 4 is 95.1 Å². The van der Waals surface area contributed by atoms with Gasteiger partial charge in [-0.05, 0) is 91.1 Å². The van der Waals surface area contributed by atoms with Gasteiger partial charge in [-0.15, -0.1) is 13.2 Å². The minimum Gasteiger partial charge on any atom is -0.444 e. The van der Waals surface area contributed by atoms with Crippen molar-refractivity contribution < 1.29 is 78.0 Å². The number of anilines is 2. The Hall–Kier alpha value is -8.81. The minimum absolute atomic E-state index is 0.000902. The predicted octanol–water partition coefficient (Wildman–Crippen LogP) is 4.13. The van der Waals surface area contributed by atoms with Crippen molar-refractivity contribution in [2.75, 3.05) is 78.3 Å². The monoisotopic (exact) mass is 1560 g/mol. The Balaban J connectivity index is 0.000000236. The van der Waals surface area contributed by atoms with Crippen molar-refractivity contribution in [3.05, 3.63) is 118 Å². The first kappa shape index (κ1) is 81.7. The van der Waals surface area contributed by atoms with Gasteiger partial charge in [-0.25, -0.2) is 27.5 Å². The minimum atomic E-state index is -4.69. The summed E-state index contributed by atoms with van der Waals surface area (Å²) in [7, 11) is -2.70. The quantitative estimate of drug-likeness (QED) is 0.0944. The summed E-state index contributed by atoms with van der Waals surface area (Å²) in [5, 5.41) is 17.3. The molecule has 7 N–H and O–H groups in total. The molecule has 2 saturated carbocycles. The number of rotatable bonds is 10. The lowest BCUT2D eigenvalue weighted by molar-refractivity contribution is -0.387. The molecule has 6 aliphatic heterocycles. The molecule has 6 fully saturated rings. The highest BCUT2D eigenvalue weighted by molar-refractivity contribution is 7.89. The molecule has 36 heteroatoms. The molecule has 8 aliphatic rings. The van der Waals surface area contributed by atoms with Crippen LogP contribution in [0.1, 0.15) is 138 Å². The molecule has 0 aromatic heterocycles. The van der Waals surface area contributed by atoms with Crippen molar-refractivity contribution in [1.82, 2.24) is 53.0 Å². The Bertz CT molecular complexity index is 4320. The third-order valence-corrected chi connectivity index (χ3v) is 26.1. The fourth-order valence-electron chi connectivity index (χ4n) is 14.9. The fraction of sp³-hybridized carbons (Fsp3) is 0.583. The molecule has 4 saturated heterocycles. The van der Waals surface area contributed by atoms with Crippen LogP contribution in [0.4, 0.5) is 26.7 Å². The summed E-state index contributed by atoms with van der Waals surface area (Å²) >= 11 is 0. The number of carbonyl (C=O) groups excluding carboxylic acids is 8. The lowest BCUT2D eigenvalue weighted by atomic mass is 10.0. The van der Waals surface area contributed by atoms with Crippen LogP contribution in [0.3, 0.4) is 0 Å². The summed E-state index contributed by atoms with van der Waals surface area (Å²) in [5.74, 6) is -5.84. The van der Waals surface area contributed by atoms with E-state index in [1.165, 1.54) is 48.2 Å². The molecule has 10 atom stereocenters. The average molecular weight is 1560 g/mol. The van der Waals surface area contributed by atoms with Crippen LogP contribution >= 0.6 is 0 Å². The lowest BCUT2D eigenvalue weighted by Crippen LogP contribution is -2.58. The van der Waals surface area contributed by atoms with Gasteiger partial charge in [0.25, 0.3) is 17.5 Å². The van der Waals surface area contributed by atoms with E-state index >= 15 is 0 Å². The Morgan fingerprint density at radius 2 is 1.02 bits per heavy atom. The van der Waals surface area contributed by atoms with Gasteiger partial charge < -0.3 is 45.4 Å². The third kappa shape index (κ3) is 18.7. The smallest absolute Gasteiger partial charge is 0.410 e. The van der Waals surface area contributed by atoms with Gasteiger partial charge in [-0.1, -0.05) is 101 Å². The number of carbonyl (C=O) groups is 8. The van der Waals surface area contributed by atoms with Gasteiger partial charge in [0.15, 0.2) is 4.90 Å². The molecular weight excluding hydrogens is 1460 g/mol. The average Bonchev–Trinajstić information content (AvgIpc) is 1.58. The van der Waals surface area contributed by atoms with Crippen LogP contribution < -0.4 is 40.3 Å². The number of ether oxygens (including phenoxy) is 2. The Kier molecular flexibility index (Phi) is 25.7. The summed E-state index contributed by atoms with van der Waals surface area (Å²) in [4.78, 5) is 131. The van der Waals surface area contributed by atoms with Crippen LogP contribution in [-0.4, -0.2) is 222 Å². The topological polar surface area (TPSA) is 413 Å². The van der Waals surface area contributed by atoms with E-state index in [9.17, 15) is 73.7 Å². The Morgan fingerprint density at radius 3 is 1.44 bits per heavy atom. The highest BCUT2D eigenvalue weighted by Crippen LogP contribution is 2.47. The molecule has 0 bridgehead atoms.